The third kappa shape index (κ3) is 5.09. The standard InChI is InChI=1S/C28H34N4O3S2/c1-31-15-12-19-21(26(37-23(19)17-31)32-13-6-7-14-32)16-29-28(34)30-25-24(20-10-4-5-11-22(20)36-25)27(33)35-18-8-2-3-9-18/h6-7,13-14,18H,2-5,8-12,15-17H2,1H3,(H2,29,30,34). The summed E-state index contributed by atoms with van der Waals surface area (Å²) < 4.78 is 8.02. The first-order valence-corrected chi connectivity index (χ1v) is 15.1. The largest absolute Gasteiger partial charge is 0.459 e. The van der Waals surface area contributed by atoms with Gasteiger partial charge in [-0.1, -0.05) is 0 Å². The summed E-state index contributed by atoms with van der Waals surface area (Å²) >= 11 is 3.35. The number of ether oxygens (including phenoxy) is 1. The van der Waals surface area contributed by atoms with E-state index in [-0.39, 0.29) is 18.1 Å². The van der Waals surface area contributed by atoms with Gasteiger partial charge in [0, 0.05) is 47.3 Å². The molecule has 2 N–H and O–H groups in total. The van der Waals surface area contributed by atoms with Crippen LogP contribution < -0.4 is 10.6 Å². The van der Waals surface area contributed by atoms with Crippen molar-refractivity contribution in [3.63, 3.8) is 0 Å². The molecule has 3 aliphatic rings. The fraction of sp³-hybridized carbons (Fsp3) is 0.500. The first-order chi connectivity index (χ1) is 18.1. The van der Waals surface area contributed by atoms with Gasteiger partial charge in [-0.15, -0.1) is 22.7 Å². The van der Waals surface area contributed by atoms with E-state index < -0.39 is 0 Å². The van der Waals surface area contributed by atoms with E-state index >= 15 is 0 Å². The second-order valence-corrected chi connectivity index (χ2v) is 12.6. The molecule has 0 unspecified atom stereocenters. The fourth-order valence-corrected chi connectivity index (χ4v) is 8.53. The van der Waals surface area contributed by atoms with Crippen LogP contribution in [0.25, 0.3) is 5.00 Å². The number of hydrogen-bond donors (Lipinski definition) is 2. The van der Waals surface area contributed by atoms with Gasteiger partial charge in [-0.25, -0.2) is 9.59 Å². The van der Waals surface area contributed by atoms with Crippen molar-refractivity contribution in [1.82, 2.24) is 14.8 Å². The quantitative estimate of drug-likeness (QED) is 0.384. The lowest BCUT2D eigenvalue weighted by atomic mass is 9.95. The average molecular weight is 539 g/mol. The number of nitrogens with zero attached hydrogens (tertiary/aromatic N) is 2. The van der Waals surface area contributed by atoms with E-state index in [1.165, 1.54) is 20.9 Å². The lowest BCUT2D eigenvalue weighted by molar-refractivity contribution is 0.0318. The van der Waals surface area contributed by atoms with E-state index in [1.54, 1.807) is 11.3 Å². The first-order valence-electron chi connectivity index (χ1n) is 13.4. The van der Waals surface area contributed by atoms with Gasteiger partial charge in [0.2, 0.25) is 0 Å². The molecule has 1 saturated carbocycles. The smallest absolute Gasteiger partial charge is 0.341 e. The van der Waals surface area contributed by atoms with Crippen molar-refractivity contribution >= 4 is 39.7 Å². The number of amides is 2. The molecule has 3 aromatic rings. The molecule has 3 aromatic heterocycles. The van der Waals surface area contributed by atoms with E-state index in [1.807, 2.05) is 23.5 Å². The molecule has 37 heavy (non-hydrogen) atoms. The predicted octanol–water partition coefficient (Wildman–Crippen LogP) is 5.89. The minimum atomic E-state index is -0.278. The van der Waals surface area contributed by atoms with Gasteiger partial charge in [-0.2, -0.15) is 0 Å². The lowest BCUT2D eigenvalue weighted by Gasteiger charge is -2.22. The molecular formula is C28H34N4O3S2. The summed E-state index contributed by atoms with van der Waals surface area (Å²) in [6.07, 6.45) is 13.2. The number of fused-ring (bicyclic) bond motifs is 2. The Morgan fingerprint density at radius 1 is 1.00 bits per heavy atom. The summed E-state index contributed by atoms with van der Waals surface area (Å²) in [7, 11) is 2.15. The molecule has 4 heterocycles. The van der Waals surface area contributed by atoms with Crippen LogP contribution in [0.5, 0.6) is 0 Å². The molecule has 196 valence electrons. The van der Waals surface area contributed by atoms with Gasteiger partial charge in [-0.05, 0) is 88.1 Å². The monoisotopic (exact) mass is 538 g/mol. The highest BCUT2D eigenvalue weighted by Gasteiger charge is 2.30. The Hall–Kier alpha value is -2.62. The highest BCUT2D eigenvalue weighted by Crippen LogP contribution is 2.40. The molecule has 2 aliphatic carbocycles. The minimum absolute atomic E-state index is 0.00392. The van der Waals surface area contributed by atoms with Crippen LogP contribution in [0, 0.1) is 0 Å². The van der Waals surface area contributed by atoms with Crippen LogP contribution >= 0.6 is 22.7 Å². The van der Waals surface area contributed by atoms with Gasteiger partial charge in [0.25, 0.3) is 0 Å². The van der Waals surface area contributed by atoms with Gasteiger partial charge in [0.1, 0.15) is 16.1 Å². The Balaban J connectivity index is 1.21. The highest BCUT2D eigenvalue weighted by molar-refractivity contribution is 7.17. The number of aryl methyl sites for hydroxylation is 1. The first kappa shape index (κ1) is 24.7. The number of carbonyl (C=O) groups is 2. The Morgan fingerprint density at radius 2 is 1.78 bits per heavy atom. The number of aromatic nitrogens is 1. The second-order valence-electron chi connectivity index (χ2n) is 10.4. The van der Waals surface area contributed by atoms with Crippen LogP contribution in [0.1, 0.15) is 75.3 Å². The van der Waals surface area contributed by atoms with Gasteiger partial charge < -0.3 is 19.5 Å². The molecule has 0 spiro atoms. The van der Waals surface area contributed by atoms with E-state index in [2.05, 4.69) is 39.5 Å². The third-order valence-corrected chi connectivity index (χ3v) is 10.3. The van der Waals surface area contributed by atoms with Crippen LogP contribution in [0.4, 0.5) is 9.80 Å². The minimum Gasteiger partial charge on any atom is -0.459 e. The van der Waals surface area contributed by atoms with Crippen molar-refractivity contribution in [2.24, 2.45) is 0 Å². The number of likely N-dealkylation sites (N-methyl/N-ethyl adjacent to an activating group) is 1. The zero-order valence-corrected chi connectivity index (χ0v) is 22.9. The SMILES string of the molecule is CN1CCc2c(sc(-n3cccc3)c2CNC(=O)Nc2sc3c(c2C(=O)OC2CCCC2)CCCC3)C1. The Bertz CT molecular complexity index is 1290. The number of esters is 1. The molecule has 1 aliphatic heterocycles. The van der Waals surface area contributed by atoms with Gasteiger partial charge in [-0.3, -0.25) is 5.32 Å². The van der Waals surface area contributed by atoms with Crippen molar-refractivity contribution in [3.05, 3.63) is 56.5 Å². The number of hydrogen-bond acceptors (Lipinski definition) is 6. The number of rotatable bonds is 6. The highest BCUT2D eigenvalue weighted by atomic mass is 32.1. The zero-order valence-electron chi connectivity index (χ0n) is 21.3. The summed E-state index contributed by atoms with van der Waals surface area (Å²) in [5.74, 6) is -0.271. The van der Waals surface area contributed by atoms with Crippen molar-refractivity contribution in [2.45, 2.75) is 77.0 Å². The maximum absolute atomic E-state index is 13.3. The lowest BCUT2D eigenvalue weighted by Crippen LogP contribution is -2.30. The molecule has 9 heteroatoms. The van der Waals surface area contributed by atoms with Crippen LogP contribution in [-0.4, -0.2) is 41.2 Å². The molecule has 0 saturated heterocycles. The zero-order chi connectivity index (χ0) is 25.4. The topological polar surface area (TPSA) is 75.6 Å². The summed E-state index contributed by atoms with van der Waals surface area (Å²) in [4.78, 5) is 31.4. The predicted molar refractivity (Wildman–Crippen MR) is 148 cm³/mol. The Morgan fingerprint density at radius 3 is 2.59 bits per heavy atom. The Labute approximate surface area is 225 Å². The van der Waals surface area contributed by atoms with Crippen molar-refractivity contribution < 1.29 is 14.3 Å². The number of anilines is 1. The summed E-state index contributed by atoms with van der Waals surface area (Å²) in [6.45, 7) is 2.40. The Kier molecular flexibility index (Phi) is 7.10. The van der Waals surface area contributed by atoms with Crippen LogP contribution in [-0.2, 0) is 37.1 Å². The van der Waals surface area contributed by atoms with E-state index in [0.717, 1.165) is 81.4 Å². The number of nitrogens with one attached hydrogen (secondary N) is 2. The van der Waals surface area contributed by atoms with E-state index in [9.17, 15) is 9.59 Å². The number of urea groups is 1. The third-order valence-electron chi connectivity index (χ3n) is 7.78. The van der Waals surface area contributed by atoms with Crippen molar-refractivity contribution in [1.29, 1.82) is 0 Å². The maximum Gasteiger partial charge on any atom is 0.341 e. The summed E-state index contributed by atoms with van der Waals surface area (Å²) in [6, 6.07) is 3.78. The van der Waals surface area contributed by atoms with Crippen molar-refractivity contribution in [2.75, 3.05) is 18.9 Å². The molecule has 6 rings (SSSR count). The molecule has 0 bridgehead atoms. The van der Waals surface area contributed by atoms with Crippen LogP contribution in [0.2, 0.25) is 0 Å². The summed E-state index contributed by atoms with van der Waals surface area (Å²) in [5.41, 5.74) is 4.22. The maximum atomic E-state index is 13.3. The molecule has 1 fully saturated rings. The molecule has 0 atom stereocenters. The number of thiophene rings is 2. The molecular weight excluding hydrogens is 504 g/mol. The van der Waals surface area contributed by atoms with E-state index in [4.69, 9.17) is 4.74 Å². The second kappa shape index (κ2) is 10.6. The molecule has 7 nitrogen and oxygen atoms in total. The molecule has 0 radical (unpaired) electrons. The summed E-state index contributed by atoms with van der Waals surface area (Å²) in [5, 5.41) is 7.93. The van der Waals surface area contributed by atoms with Gasteiger partial charge >= 0.3 is 12.0 Å². The van der Waals surface area contributed by atoms with Crippen molar-refractivity contribution in [3.8, 4) is 5.00 Å². The number of carbonyl (C=O) groups excluding carboxylic acids is 2. The normalized spacial score (nSPS) is 17.9. The van der Waals surface area contributed by atoms with Crippen LogP contribution in [0.15, 0.2) is 24.5 Å². The fourth-order valence-electron chi connectivity index (χ4n) is 5.85. The van der Waals surface area contributed by atoms with Gasteiger partial charge in [0.15, 0.2) is 0 Å². The van der Waals surface area contributed by atoms with Gasteiger partial charge in [0.05, 0.1) is 5.56 Å². The molecule has 2 amide bonds. The van der Waals surface area contributed by atoms with Crippen LogP contribution in [0.3, 0.4) is 0 Å². The average Bonchev–Trinajstić information content (AvgIpc) is 3.68. The van der Waals surface area contributed by atoms with E-state index in [0.29, 0.717) is 17.1 Å². The molecule has 0 aromatic carbocycles.